The average molecular weight is 205 g/mol. The summed E-state index contributed by atoms with van der Waals surface area (Å²) in [5.41, 5.74) is 0. The second-order valence-electron chi connectivity index (χ2n) is 5.72. The average Bonchev–Trinajstić information content (AvgIpc) is 2.57. The van der Waals surface area contributed by atoms with Gasteiger partial charge in [0.15, 0.2) is 5.78 Å². The van der Waals surface area contributed by atoms with E-state index >= 15 is 0 Å². The normalized spacial score (nSPS) is 51.5. The van der Waals surface area contributed by atoms with Crippen molar-refractivity contribution in [2.45, 2.75) is 31.7 Å². The van der Waals surface area contributed by atoms with E-state index in [1.165, 1.54) is 19.3 Å². The van der Waals surface area contributed by atoms with E-state index in [0.29, 0.717) is 12.6 Å². The molecule has 0 N–H and O–H groups in total. The molecule has 3 nitrogen and oxygen atoms in total. The Morgan fingerprint density at radius 3 is 2.27 bits per heavy atom. The second-order valence-corrected chi connectivity index (χ2v) is 5.72. The van der Waals surface area contributed by atoms with Gasteiger partial charge in [-0.25, -0.2) is 0 Å². The number of ketones is 1. The minimum atomic E-state index is 0.0961. The molecule has 1 heterocycles. The fourth-order valence-corrected chi connectivity index (χ4v) is 4.57. The van der Waals surface area contributed by atoms with Crippen LogP contribution in [-0.2, 0) is 9.59 Å². The first-order valence-corrected chi connectivity index (χ1v) is 6.07. The first kappa shape index (κ1) is 8.31. The number of hydrogen-bond donors (Lipinski definition) is 0. The topological polar surface area (TPSA) is 37.4 Å². The maximum atomic E-state index is 11.6. The first-order chi connectivity index (χ1) is 7.25. The molecule has 4 atom stereocenters. The van der Waals surface area contributed by atoms with Crippen molar-refractivity contribution in [2.75, 3.05) is 6.54 Å². The smallest absolute Gasteiger partial charge is 0.230 e. The van der Waals surface area contributed by atoms with Gasteiger partial charge in [0.05, 0.1) is 13.0 Å². The van der Waals surface area contributed by atoms with Crippen LogP contribution in [0.4, 0.5) is 0 Å². The summed E-state index contributed by atoms with van der Waals surface area (Å²) < 4.78 is 0. The van der Waals surface area contributed by atoms with Gasteiger partial charge in [-0.3, -0.25) is 9.59 Å². The predicted molar refractivity (Wildman–Crippen MR) is 52.9 cm³/mol. The Kier molecular flexibility index (Phi) is 1.35. The maximum absolute atomic E-state index is 11.6. The predicted octanol–water partition coefficient (Wildman–Crippen LogP) is 0.832. The number of Topliss-reactive ketones (excluding diaryl/α,β-unsaturated/α-hetero) is 1. The van der Waals surface area contributed by atoms with Crippen molar-refractivity contribution in [1.82, 2.24) is 4.90 Å². The molecule has 4 aliphatic rings. The third kappa shape index (κ3) is 0.918. The van der Waals surface area contributed by atoms with E-state index < -0.39 is 0 Å². The molecule has 1 saturated heterocycles. The Hall–Kier alpha value is -0.860. The van der Waals surface area contributed by atoms with Crippen LogP contribution in [0.2, 0.25) is 0 Å². The number of likely N-dealkylation sites (tertiary alicyclic amines) is 1. The molecule has 4 rings (SSSR count). The van der Waals surface area contributed by atoms with E-state index in [-0.39, 0.29) is 18.1 Å². The van der Waals surface area contributed by atoms with Gasteiger partial charge in [-0.2, -0.15) is 0 Å². The lowest BCUT2D eigenvalue weighted by atomic mass is 10.0. The molecular formula is C12H15NO2. The number of carbonyl (C=O) groups is 2. The van der Waals surface area contributed by atoms with Crippen molar-refractivity contribution in [3.05, 3.63) is 0 Å². The lowest BCUT2D eigenvalue weighted by Crippen LogP contribution is -2.31. The molecule has 1 aliphatic heterocycles. The highest BCUT2D eigenvalue weighted by Gasteiger charge is 2.68. The molecule has 0 aromatic rings. The Labute approximate surface area is 88.8 Å². The molecule has 0 radical (unpaired) electrons. The molecule has 3 aliphatic carbocycles. The van der Waals surface area contributed by atoms with Gasteiger partial charge in [-0.1, -0.05) is 0 Å². The van der Waals surface area contributed by atoms with E-state index in [1.54, 1.807) is 0 Å². The monoisotopic (exact) mass is 205 g/mol. The van der Waals surface area contributed by atoms with Crippen LogP contribution in [-0.4, -0.2) is 29.2 Å². The number of rotatable bonds is 1. The van der Waals surface area contributed by atoms with Crippen molar-refractivity contribution in [3.63, 3.8) is 0 Å². The lowest BCUT2D eigenvalue weighted by molar-refractivity contribution is -0.128. The minimum absolute atomic E-state index is 0.0961. The molecule has 0 aromatic heterocycles. The number of nitrogens with zero attached hydrogens (tertiary/aromatic N) is 1. The highest BCUT2D eigenvalue weighted by Crippen LogP contribution is 2.67. The van der Waals surface area contributed by atoms with Gasteiger partial charge in [-0.05, 0) is 42.9 Å². The number of fused-ring (bicyclic) bond motifs is 5. The zero-order chi connectivity index (χ0) is 10.2. The zero-order valence-electron chi connectivity index (χ0n) is 8.69. The number of hydrogen-bond acceptors (Lipinski definition) is 2. The van der Waals surface area contributed by atoms with Gasteiger partial charge >= 0.3 is 0 Å². The van der Waals surface area contributed by atoms with Gasteiger partial charge in [0.2, 0.25) is 5.91 Å². The Bertz CT molecular complexity index is 349. The van der Waals surface area contributed by atoms with E-state index in [9.17, 15) is 9.59 Å². The molecule has 4 unspecified atom stereocenters. The van der Waals surface area contributed by atoms with Crippen LogP contribution >= 0.6 is 0 Å². The van der Waals surface area contributed by atoms with Gasteiger partial charge in [0.25, 0.3) is 0 Å². The largest absolute Gasteiger partial charge is 0.331 e. The van der Waals surface area contributed by atoms with Crippen LogP contribution in [0.3, 0.4) is 0 Å². The third-order valence-corrected chi connectivity index (χ3v) is 5.07. The van der Waals surface area contributed by atoms with Gasteiger partial charge < -0.3 is 4.90 Å². The van der Waals surface area contributed by atoms with Crippen molar-refractivity contribution < 1.29 is 9.59 Å². The molecule has 80 valence electrons. The summed E-state index contributed by atoms with van der Waals surface area (Å²) in [5.74, 6) is 3.54. The summed E-state index contributed by atoms with van der Waals surface area (Å²) in [6, 6.07) is 0.468. The minimum Gasteiger partial charge on any atom is -0.331 e. The van der Waals surface area contributed by atoms with E-state index in [2.05, 4.69) is 0 Å². The quantitative estimate of drug-likeness (QED) is 0.595. The second kappa shape index (κ2) is 2.45. The molecule has 4 fully saturated rings. The summed E-state index contributed by atoms with van der Waals surface area (Å²) in [7, 11) is 0. The Morgan fingerprint density at radius 1 is 1.07 bits per heavy atom. The third-order valence-electron chi connectivity index (χ3n) is 5.07. The molecule has 15 heavy (non-hydrogen) atoms. The van der Waals surface area contributed by atoms with Crippen LogP contribution in [0, 0.1) is 23.7 Å². The van der Waals surface area contributed by atoms with Crippen molar-refractivity contribution >= 4 is 11.7 Å². The van der Waals surface area contributed by atoms with Crippen LogP contribution in [0.25, 0.3) is 0 Å². The Morgan fingerprint density at radius 2 is 1.73 bits per heavy atom. The summed E-state index contributed by atoms with van der Waals surface area (Å²) in [4.78, 5) is 24.8. The van der Waals surface area contributed by atoms with Crippen LogP contribution < -0.4 is 0 Å². The fraction of sp³-hybridized carbons (Fsp3) is 0.833. The fourth-order valence-electron chi connectivity index (χ4n) is 4.57. The standard InChI is InChI=1S/C12H15NO2/c14-8-4-9(15)13(5-8)12-10-6-1-2-7(3-6)11(10)12/h6-7,10-12H,1-5H2. The first-order valence-electron chi connectivity index (χ1n) is 6.07. The molecule has 1 amide bonds. The number of carbonyl (C=O) groups excluding carboxylic acids is 2. The highest BCUT2D eigenvalue weighted by atomic mass is 16.2. The molecule has 2 bridgehead atoms. The molecule has 3 saturated carbocycles. The molecule has 0 aromatic carbocycles. The summed E-state index contributed by atoms with van der Waals surface area (Å²) >= 11 is 0. The molecular weight excluding hydrogens is 190 g/mol. The van der Waals surface area contributed by atoms with E-state index in [0.717, 1.165) is 23.7 Å². The van der Waals surface area contributed by atoms with E-state index in [4.69, 9.17) is 0 Å². The lowest BCUT2D eigenvalue weighted by Gasteiger charge is -2.18. The van der Waals surface area contributed by atoms with Crippen molar-refractivity contribution in [1.29, 1.82) is 0 Å². The SMILES string of the molecule is O=C1CC(=O)N(C2C3C4CCC(C4)C32)C1. The highest BCUT2D eigenvalue weighted by molar-refractivity contribution is 6.05. The number of amides is 1. The Balaban J connectivity index is 1.58. The van der Waals surface area contributed by atoms with Crippen LogP contribution in [0.5, 0.6) is 0 Å². The summed E-state index contributed by atoms with van der Waals surface area (Å²) in [5, 5.41) is 0. The molecule has 3 heteroatoms. The summed E-state index contributed by atoms with van der Waals surface area (Å²) in [6.45, 7) is 0.413. The summed E-state index contributed by atoms with van der Waals surface area (Å²) in [6.07, 6.45) is 4.32. The van der Waals surface area contributed by atoms with Gasteiger partial charge in [0, 0.05) is 6.04 Å². The zero-order valence-corrected chi connectivity index (χ0v) is 8.69. The van der Waals surface area contributed by atoms with Crippen LogP contribution in [0.1, 0.15) is 25.7 Å². The van der Waals surface area contributed by atoms with Crippen LogP contribution in [0.15, 0.2) is 0 Å². The van der Waals surface area contributed by atoms with E-state index in [1.807, 2.05) is 4.90 Å². The maximum Gasteiger partial charge on any atom is 0.230 e. The molecule has 0 spiro atoms. The van der Waals surface area contributed by atoms with Gasteiger partial charge in [0.1, 0.15) is 0 Å². The van der Waals surface area contributed by atoms with Gasteiger partial charge in [-0.15, -0.1) is 0 Å². The van der Waals surface area contributed by atoms with Crippen molar-refractivity contribution in [3.8, 4) is 0 Å². The van der Waals surface area contributed by atoms with Crippen molar-refractivity contribution in [2.24, 2.45) is 23.7 Å².